The lowest BCUT2D eigenvalue weighted by Gasteiger charge is -2.32. The van der Waals surface area contributed by atoms with Crippen LogP contribution < -0.4 is 5.32 Å². The van der Waals surface area contributed by atoms with E-state index in [2.05, 4.69) is 17.1 Å². The first-order valence-corrected chi connectivity index (χ1v) is 7.48. The number of nitro benzene ring substituents is 1. The number of rotatable bonds is 6. The lowest BCUT2D eigenvalue weighted by molar-refractivity contribution is -0.385. The number of likely N-dealkylation sites (tertiary alicyclic amines) is 1. The lowest BCUT2D eigenvalue weighted by Crippen LogP contribution is -2.42. The Morgan fingerprint density at radius 2 is 2.10 bits per heavy atom. The van der Waals surface area contributed by atoms with Crippen LogP contribution in [0.3, 0.4) is 0 Å². The van der Waals surface area contributed by atoms with E-state index in [9.17, 15) is 14.5 Å². The van der Waals surface area contributed by atoms with E-state index in [1.807, 2.05) is 0 Å². The van der Waals surface area contributed by atoms with Gasteiger partial charge in [0.05, 0.1) is 11.0 Å². The lowest BCUT2D eigenvalue weighted by atomic mass is 10.0. The molecule has 0 unspecified atom stereocenters. The minimum atomic E-state index is -0.560. The fourth-order valence-electron chi connectivity index (χ4n) is 2.78. The van der Waals surface area contributed by atoms with Crippen LogP contribution in [0.5, 0.6) is 0 Å². The Labute approximate surface area is 124 Å². The average molecular weight is 295 g/mol. The zero-order chi connectivity index (χ0) is 15.2. The average Bonchev–Trinajstić information content (AvgIpc) is 2.46. The molecule has 1 aromatic carbocycles. The van der Waals surface area contributed by atoms with Gasteiger partial charge < -0.3 is 10.2 Å². The van der Waals surface area contributed by atoms with Gasteiger partial charge in [0.25, 0.3) is 5.69 Å². The van der Waals surface area contributed by atoms with Crippen molar-refractivity contribution in [2.45, 2.75) is 38.8 Å². The molecule has 21 heavy (non-hydrogen) atoms. The van der Waals surface area contributed by atoms with E-state index in [1.54, 1.807) is 0 Å². The van der Waals surface area contributed by atoms with Crippen molar-refractivity contribution in [2.75, 3.05) is 19.6 Å². The Morgan fingerprint density at radius 1 is 1.38 bits per heavy atom. The molecule has 2 rings (SSSR count). The second-order valence-corrected chi connectivity index (χ2v) is 5.57. The molecular weight excluding hydrogens is 273 g/mol. The van der Waals surface area contributed by atoms with Gasteiger partial charge in [-0.15, -0.1) is 0 Å². The van der Waals surface area contributed by atoms with Crippen LogP contribution in [0.25, 0.3) is 0 Å². The molecule has 1 aliphatic rings. The fraction of sp³-hybridized carbons (Fsp3) is 0.600. The van der Waals surface area contributed by atoms with E-state index in [4.69, 9.17) is 0 Å². The largest absolute Gasteiger partial charge is 0.310 e. The van der Waals surface area contributed by atoms with Crippen LogP contribution in [0.15, 0.2) is 18.2 Å². The second-order valence-electron chi connectivity index (χ2n) is 5.57. The highest BCUT2D eigenvalue weighted by molar-refractivity contribution is 5.35. The minimum Gasteiger partial charge on any atom is -0.310 e. The second kappa shape index (κ2) is 7.47. The zero-order valence-electron chi connectivity index (χ0n) is 12.3. The van der Waals surface area contributed by atoms with Crippen molar-refractivity contribution >= 4 is 5.69 Å². The van der Waals surface area contributed by atoms with Crippen molar-refractivity contribution in [3.8, 4) is 0 Å². The predicted octanol–water partition coefficient (Wildman–Crippen LogP) is 2.70. The molecule has 1 saturated heterocycles. The standard InChI is InChI=1S/C15H22FN3O2/c1-2-5-18-6-3-14(4-7-18)17-11-12-8-13(16)10-15(9-12)19(20)21/h8-10,14,17H,2-7,11H2,1H3. The maximum Gasteiger partial charge on any atom is 0.272 e. The van der Waals surface area contributed by atoms with E-state index < -0.39 is 10.7 Å². The van der Waals surface area contributed by atoms with Crippen LogP contribution in [0.1, 0.15) is 31.7 Å². The molecule has 1 fully saturated rings. The quantitative estimate of drug-likeness (QED) is 0.647. The summed E-state index contributed by atoms with van der Waals surface area (Å²) < 4.78 is 13.4. The molecule has 0 saturated carbocycles. The molecule has 0 spiro atoms. The molecule has 0 radical (unpaired) electrons. The zero-order valence-corrected chi connectivity index (χ0v) is 12.3. The molecule has 1 aliphatic heterocycles. The van der Waals surface area contributed by atoms with Gasteiger partial charge in [-0.25, -0.2) is 4.39 Å². The summed E-state index contributed by atoms with van der Waals surface area (Å²) >= 11 is 0. The van der Waals surface area contributed by atoms with Crippen molar-refractivity contribution in [1.82, 2.24) is 10.2 Å². The van der Waals surface area contributed by atoms with Crippen LogP contribution in [0.4, 0.5) is 10.1 Å². The summed E-state index contributed by atoms with van der Waals surface area (Å²) in [4.78, 5) is 12.6. The fourth-order valence-corrected chi connectivity index (χ4v) is 2.78. The Kier molecular flexibility index (Phi) is 5.64. The number of hydrogen-bond donors (Lipinski definition) is 1. The third-order valence-corrected chi connectivity index (χ3v) is 3.88. The number of halogens is 1. The third kappa shape index (κ3) is 4.75. The highest BCUT2D eigenvalue weighted by atomic mass is 19.1. The summed E-state index contributed by atoms with van der Waals surface area (Å²) in [6.07, 6.45) is 3.31. The normalized spacial score (nSPS) is 17.0. The number of benzene rings is 1. The summed E-state index contributed by atoms with van der Waals surface area (Å²) in [5.41, 5.74) is 0.433. The smallest absolute Gasteiger partial charge is 0.272 e. The molecular formula is C15H22FN3O2. The van der Waals surface area contributed by atoms with Crippen LogP contribution in [0.2, 0.25) is 0 Å². The van der Waals surface area contributed by atoms with E-state index in [0.29, 0.717) is 18.2 Å². The van der Waals surface area contributed by atoms with Gasteiger partial charge in [-0.3, -0.25) is 10.1 Å². The highest BCUT2D eigenvalue weighted by Crippen LogP contribution is 2.17. The number of nitro groups is 1. The van der Waals surface area contributed by atoms with Gasteiger partial charge in [-0.2, -0.15) is 0 Å². The van der Waals surface area contributed by atoms with Gasteiger partial charge in [0.2, 0.25) is 0 Å². The van der Waals surface area contributed by atoms with E-state index >= 15 is 0 Å². The van der Waals surface area contributed by atoms with Crippen LogP contribution >= 0.6 is 0 Å². The first-order chi connectivity index (χ1) is 10.1. The molecule has 0 amide bonds. The van der Waals surface area contributed by atoms with Crippen molar-refractivity contribution in [1.29, 1.82) is 0 Å². The van der Waals surface area contributed by atoms with Gasteiger partial charge >= 0.3 is 0 Å². The monoisotopic (exact) mass is 295 g/mol. The molecule has 1 aromatic rings. The van der Waals surface area contributed by atoms with Crippen LogP contribution in [-0.4, -0.2) is 35.5 Å². The topological polar surface area (TPSA) is 58.4 Å². The molecule has 1 heterocycles. The van der Waals surface area contributed by atoms with Crippen molar-refractivity contribution in [3.05, 3.63) is 39.7 Å². The summed E-state index contributed by atoms with van der Waals surface area (Å²) in [6, 6.07) is 4.14. The molecule has 0 aliphatic carbocycles. The number of non-ortho nitro benzene ring substituents is 1. The van der Waals surface area contributed by atoms with Crippen molar-refractivity contribution in [3.63, 3.8) is 0 Å². The first kappa shape index (κ1) is 15.9. The first-order valence-electron chi connectivity index (χ1n) is 7.48. The predicted molar refractivity (Wildman–Crippen MR) is 79.6 cm³/mol. The number of piperidine rings is 1. The van der Waals surface area contributed by atoms with E-state index in [-0.39, 0.29) is 5.69 Å². The summed E-state index contributed by atoms with van der Waals surface area (Å²) in [7, 11) is 0. The molecule has 0 bridgehead atoms. The Hall–Kier alpha value is -1.53. The van der Waals surface area contributed by atoms with Crippen molar-refractivity contribution < 1.29 is 9.31 Å². The molecule has 1 N–H and O–H groups in total. The maximum atomic E-state index is 13.4. The van der Waals surface area contributed by atoms with Gasteiger partial charge in [0.1, 0.15) is 5.82 Å². The molecule has 6 heteroatoms. The highest BCUT2D eigenvalue weighted by Gasteiger charge is 2.18. The van der Waals surface area contributed by atoms with Crippen LogP contribution in [0, 0.1) is 15.9 Å². The van der Waals surface area contributed by atoms with Crippen molar-refractivity contribution in [2.24, 2.45) is 0 Å². The van der Waals surface area contributed by atoms with Gasteiger partial charge in [0.15, 0.2) is 0 Å². The SMILES string of the molecule is CCCN1CCC(NCc2cc(F)cc([N+](=O)[O-])c2)CC1. The maximum absolute atomic E-state index is 13.4. The summed E-state index contributed by atoms with van der Waals surface area (Å²) in [6.45, 7) is 5.95. The Balaban J connectivity index is 1.85. The number of hydrogen-bond acceptors (Lipinski definition) is 4. The third-order valence-electron chi connectivity index (χ3n) is 3.88. The minimum absolute atomic E-state index is 0.190. The van der Waals surface area contributed by atoms with Gasteiger partial charge in [0, 0.05) is 18.7 Å². The number of nitrogens with one attached hydrogen (secondary N) is 1. The van der Waals surface area contributed by atoms with Gasteiger partial charge in [-0.1, -0.05) is 6.92 Å². The Morgan fingerprint density at radius 3 is 2.71 bits per heavy atom. The molecule has 0 aromatic heterocycles. The van der Waals surface area contributed by atoms with E-state index in [1.165, 1.54) is 18.6 Å². The molecule has 0 atom stereocenters. The van der Waals surface area contributed by atoms with Gasteiger partial charge in [-0.05, 0) is 50.5 Å². The molecule has 5 nitrogen and oxygen atoms in total. The van der Waals surface area contributed by atoms with E-state index in [0.717, 1.165) is 38.5 Å². The van der Waals surface area contributed by atoms with Crippen LogP contribution in [-0.2, 0) is 6.54 Å². The Bertz CT molecular complexity index is 488. The molecule has 116 valence electrons. The number of nitrogens with zero attached hydrogens (tertiary/aromatic N) is 2. The summed E-state index contributed by atoms with van der Waals surface area (Å²) in [5, 5.41) is 14.1. The summed E-state index contributed by atoms with van der Waals surface area (Å²) in [5.74, 6) is -0.557.